The number of methoxy groups -OCH3 is 2. The molecular formula is C35H35ClN2O6. The van der Waals surface area contributed by atoms with E-state index in [4.69, 9.17) is 35.8 Å². The second-order valence-electron chi connectivity index (χ2n) is 10.1. The highest BCUT2D eigenvalue weighted by molar-refractivity contribution is 6.30. The Hall–Kier alpha value is -4.42. The van der Waals surface area contributed by atoms with Crippen LogP contribution in [0.5, 0.6) is 0 Å². The number of carbonyl (C=O) groups is 2. The molecule has 3 aromatic carbocycles. The summed E-state index contributed by atoms with van der Waals surface area (Å²) < 4.78 is 22.5. The van der Waals surface area contributed by atoms with Crippen molar-refractivity contribution in [2.75, 3.05) is 27.4 Å². The van der Waals surface area contributed by atoms with E-state index in [1.165, 1.54) is 14.2 Å². The van der Waals surface area contributed by atoms with Crippen LogP contribution in [0.2, 0.25) is 5.02 Å². The van der Waals surface area contributed by atoms with Gasteiger partial charge in [-0.1, -0.05) is 84.4 Å². The number of nitrogens with zero attached hydrogens (tertiary/aromatic N) is 1. The second kappa shape index (κ2) is 15.9. The first kappa shape index (κ1) is 32.5. The summed E-state index contributed by atoms with van der Waals surface area (Å²) in [6, 6.07) is 29.0. The van der Waals surface area contributed by atoms with Gasteiger partial charge in [-0.05, 0) is 42.2 Å². The Bertz CT molecular complexity index is 1500. The van der Waals surface area contributed by atoms with E-state index in [0.29, 0.717) is 28.4 Å². The average Bonchev–Trinajstić information content (AvgIpc) is 3.04. The summed E-state index contributed by atoms with van der Waals surface area (Å²) in [7, 11) is 2.91. The predicted octanol–water partition coefficient (Wildman–Crippen LogP) is 6.40. The number of hydrogen-bond acceptors (Lipinski definition) is 8. The van der Waals surface area contributed by atoms with Crippen LogP contribution in [0.4, 0.5) is 0 Å². The van der Waals surface area contributed by atoms with Gasteiger partial charge in [0.05, 0.1) is 41.9 Å². The van der Waals surface area contributed by atoms with Gasteiger partial charge in [0.2, 0.25) is 0 Å². The summed E-state index contributed by atoms with van der Waals surface area (Å²) in [5.41, 5.74) is 3.85. The van der Waals surface area contributed by atoms with Crippen LogP contribution in [-0.2, 0) is 28.5 Å². The largest absolute Gasteiger partial charge is 0.462 e. The minimum absolute atomic E-state index is 0.00892. The van der Waals surface area contributed by atoms with Crippen molar-refractivity contribution in [3.63, 3.8) is 0 Å². The number of hydrogen-bond donors (Lipinski definition) is 1. The van der Waals surface area contributed by atoms with Crippen LogP contribution in [0.3, 0.4) is 0 Å². The van der Waals surface area contributed by atoms with Gasteiger partial charge in [-0.15, -0.1) is 0 Å². The number of halogens is 1. The lowest BCUT2D eigenvalue weighted by Gasteiger charge is -2.33. The summed E-state index contributed by atoms with van der Waals surface area (Å²) in [5, 5.41) is 12.5. The monoisotopic (exact) mass is 614 g/mol. The van der Waals surface area contributed by atoms with E-state index in [2.05, 4.69) is 29.6 Å². The smallest absolute Gasteiger partial charge is 0.336 e. The molecule has 0 saturated carbocycles. The zero-order valence-electron chi connectivity index (χ0n) is 24.9. The minimum Gasteiger partial charge on any atom is -0.462 e. The van der Waals surface area contributed by atoms with Gasteiger partial charge in [-0.25, -0.2) is 9.59 Å². The molecule has 8 nitrogen and oxygen atoms in total. The highest BCUT2D eigenvalue weighted by atomic mass is 35.5. The Kier molecular flexibility index (Phi) is 11.7. The quantitative estimate of drug-likeness (QED) is 0.134. The first-order valence-electron chi connectivity index (χ1n) is 14.2. The predicted molar refractivity (Wildman–Crippen MR) is 166 cm³/mol. The molecule has 0 radical (unpaired) electrons. The number of benzene rings is 3. The van der Waals surface area contributed by atoms with E-state index in [1.54, 1.807) is 31.2 Å². The van der Waals surface area contributed by atoms with E-state index in [1.807, 2.05) is 42.5 Å². The zero-order valence-corrected chi connectivity index (χ0v) is 25.7. The highest BCUT2D eigenvalue weighted by Gasteiger charge is 2.41. The molecule has 0 bridgehead atoms. The number of ether oxygens (including phenoxy) is 4. The van der Waals surface area contributed by atoms with Crippen molar-refractivity contribution < 1.29 is 28.5 Å². The van der Waals surface area contributed by atoms with Gasteiger partial charge in [0.1, 0.15) is 6.61 Å². The Labute approximate surface area is 262 Å². The molecule has 0 amide bonds. The lowest BCUT2D eigenvalue weighted by Crippen LogP contribution is -2.38. The lowest BCUT2D eigenvalue weighted by molar-refractivity contribution is -0.140. The maximum atomic E-state index is 14.1. The summed E-state index contributed by atoms with van der Waals surface area (Å²) in [6.45, 7) is 1.71. The summed E-state index contributed by atoms with van der Waals surface area (Å²) in [5.74, 6) is -2.24. The molecule has 1 N–H and O–H groups in total. The van der Waals surface area contributed by atoms with Crippen molar-refractivity contribution in [3.05, 3.63) is 129 Å². The van der Waals surface area contributed by atoms with Gasteiger partial charge in [-0.2, -0.15) is 5.26 Å². The molecule has 9 heteroatoms. The van der Waals surface area contributed by atoms with E-state index in [9.17, 15) is 9.59 Å². The van der Waals surface area contributed by atoms with E-state index >= 15 is 0 Å². The lowest BCUT2D eigenvalue weighted by atomic mass is 9.80. The second-order valence-corrected chi connectivity index (χ2v) is 10.6. The number of carbonyl (C=O) groups excluding carboxylic acids is 2. The highest BCUT2D eigenvalue weighted by Crippen LogP contribution is 2.41. The number of esters is 2. The third kappa shape index (κ3) is 7.74. The molecule has 0 saturated heterocycles. The molecule has 3 aromatic rings. The van der Waals surface area contributed by atoms with Gasteiger partial charge < -0.3 is 24.3 Å². The van der Waals surface area contributed by atoms with Crippen molar-refractivity contribution >= 4 is 23.5 Å². The van der Waals surface area contributed by atoms with Crippen LogP contribution in [0.25, 0.3) is 0 Å². The Morgan fingerprint density at radius 2 is 1.45 bits per heavy atom. The van der Waals surface area contributed by atoms with Gasteiger partial charge in [0.25, 0.3) is 0 Å². The van der Waals surface area contributed by atoms with Crippen molar-refractivity contribution in [1.29, 1.82) is 5.26 Å². The molecule has 1 aliphatic heterocycles. The number of nitriles is 1. The van der Waals surface area contributed by atoms with Gasteiger partial charge in [-0.3, -0.25) is 0 Å². The number of dihydropyridines is 1. The Morgan fingerprint density at radius 1 is 0.864 bits per heavy atom. The normalized spacial score (nSPS) is 14.8. The minimum atomic E-state index is -0.966. The first-order chi connectivity index (χ1) is 21.4. The molecule has 44 heavy (non-hydrogen) atoms. The van der Waals surface area contributed by atoms with Crippen LogP contribution < -0.4 is 5.32 Å². The molecule has 1 unspecified atom stereocenters. The molecular weight excluding hydrogens is 580 g/mol. The van der Waals surface area contributed by atoms with E-state index < -0.39 is 24.1 Å². The first-order valence-corrected chi connectivity index (χ1v) is 14.6. The Morgan fingerprint density at radius 3 is 2.02 bits per heavy atom. The van der Waals surface area contributed by atoms with Crippen LogP contribution in [0.15, 0.2) is 107 Å². The van der Waals surface area contributed by atoms with Crippen molar-refractivity contribution in [3.8, 4) is 6.07 Å². The molecule has 228 valence electrons. The summed E-state index contributed by atoms with van der Waals surface area (Å²) in [4.78, 5) is 27.6. The van der Waals surface area contributed by atoms with Crippen molar-refractivity contribution in [2.45, 2.75) is 37.9 Å². The Balaban J connectivity index is 1.72. The SMILES string of the molecule is COC(OC)C1=C(C(=O)OCCC(c2ccccc2)c2ccccc2)C(c2cccc(Cl)c2)C(C(=O)OCCC#N)=C(C)N1. The zero-order chi connectivity index (χ0) is 31.5. The molecule has 1 atom stereocenters. The fourth-order valence-electron chi connectivity index (χ4n) is 5.40. The van der Waals surface area contributed by atoms with Gasteiger partial charge in [0, 0.05) is 30.9 Å². The fraction of sp³-hybridized carbons (Fsp3) is 0.286. The molecule has 0 fully saturated rings. The standard InChI is InChI=1S/C35H35ClN2O6/c1-23-29(33(39)43-20-11-19-37)30(26-16-10-17-27(36)22-26)31(32(38-23)35(41-2)42-3)34(40)44-21-18-28(24-12-6-4-7-13-24)25-14-8-5-9-15-25/h4-10,12-17,22,28,30,35,38H,11,18,20-21H2,1-3H3. The third-order valence-corrected chi connectivity index (χ3v) is 7.61. The van der Waals surface area contributed by atoms with Crippen molar-refractivity contribution in [1.82, 2.24) is 5.32 Å². The van der Waals surface area contributed by atoms with Crippen LogP contribution in [0.1, 0.15) is 48.3 Å². The van der Waals surface area contributed by atoms with Crippen molar-refractivity contribution in [2.24, 2.45) is 0 Å². The molecule has 1 aliphatic rings. The van der Waals surface area contributed by atoms with Gasteiger partial charge in [0.15, 0.2) is 6.29 Å². The number of allylic oxidation sites excluding steroid dienone is 1. The topological polar surface area (TPSA) is 107 Å². The summed E-state index contributed by atoms with van der Waals surface area (Å²) >= 11 is 6.38. The molecule has 1 heterocycles. The average molecular weight is 615 g/mol. The summed E-state index contributed by atoms with van der Waals surface area (Å²) in [6.07, 6.45) is -0.414. The number of nitrogens with one attached hydrogen (secondary N) is 1. The molecule has 4 rings (SSSR count). The maximum absolute atomic E-state index is 14.1. The third-order valence-electron chi connectivity index (χ3n) is 7.37. The number of rotatable bonds is 13. The molecule has 0 aromatic heterocycles. The van der Waals surface area contributed by atoms with E-state index in [0.717, 1.165) is 11.1 Å². The van der Waals surface area contributed by atoms with Crippen LogP contribution in [0, 0.1) is 11.3 Å². The van der Waals surface area contributed by atoms with Crippen LogP contribution in [-0.4, -0.2) is 45.7 Å². The fourth-order valence-corrected chi connectivity index (χ4v) is 5.60. The molecule has 0 spiro atoms. The van der Waals surface area contributed by atoms with E-state index in [-0.39, 0.29) is 36.7 Å². The van der Waals surface area contributed by atoms with Crippen LogP contribution >= 0.6 is 11.6 Å². The maximum Gasteiger partial charge on any atom is 0.336 e. The van der Waals surface area contributed by atoms with Gasteiger partial charge >= 0.3 is 11.9 Å². The molecule has 0 aliphatic carbocycles.